The van der Waals surface area contributed by atoms with Gasteiger partial charge in [0.15, 0.2) is 5.78 Å². The zero-order valence-corrected chi connectivity index (χ0v) is 9.11. The molecule has 0 saturated carbocycles. The van der Waals surface area contributed by atoms with Crippen molar-refractivity contribution in [3.63, 3.8) is 0 Å². The Labute approximate surface area is 72.3 Å². The third kappa shape index (κ3) is 25.1. The summed E-state index contributed by atoms with van der Waals surface area (Å²) in [6.07, 6.45) is 1.17. The van der Waals surface area contributed by atoms with Crippen LogP contribution in [0.2, 0.25) is 0 Å². The van der Waals surface area contributed by atoms with E-state index in [-0.39, 0.29) is 42.0 Å². The van der Waals surface area contributed by atoms with E-state index in [2.05, 4.69) is 0 Å². The van der Waals surface area contributed by atoms with Crippen LogP contribution in [0.25, 0.3) is 0 Å². The molecule has 0 aliphatic rings. The van der Waals surface area contributed by atoms with Crippen molar-refractivity contribution >= 4 is 5.78 Å². The molecule has 0 heterocycles. The zero-order chi connectivity index (χ0) is 5.86. The van der Waals surface area contributed by atoms with Crippen molar-refractivity contribution in [3.8, 4) is 0 Å². The van der Waals surface area contributed by atoms with Crippen molar-refractivity contribution in [1.29, 1.82) is 0 Å². The minimum absolute atomic E-state index is 0. The molecule has 0 radical (unpaired) electrons. The molecule has 4 nitrogen and oxygen atoms in total. The maximum absolute atomic E-state index is 10.0. The fraction of sp³-hybridized carbons (Fsp3) is 0.400. The average molecular weight is 202 g/mol. The van der Waals surface area contributed by atoms with Crippen LogP contribution in [-0.2, 0) is 24.3 Å². The molecule has 0 bridgehead atoms. The first-order valence-corrected chi connectivity index (χ1v) is 2.01. The van der Waals surface area contributed by atoms with Crippen LogP contribution in [0.5, 0.6) is 0 Å². The summed E-state index contributed by atoms with van der Waals surface area (Å²) in [4.78, 5) is 10.0. The van der Waals surface area contributed by atoms with Crippen LogP contribution in [0.3, 0.4) is 0 Å². The van der Waals surface area contributed by atoms with Crippen LogP contribution >= 0.6 is 0 Å². The third-order valence-corrected chi connectivity index (χ3v) is 0.412. The minimum atomic E-state index is -0.125. The molecule has 5 heteroatoms. The summed E-state index contributed by atoms with van der Waals surface area (Å²) in [5.74, 6) is -0.0625. The SMILES string of the molecule is CC(=O)/C=C(/C)O.O.O.[Zn]. The van der Waals surface area contributed by atoms with Gasteiger partial charge in [-0.15, -0.1) is 0 Å². The monoisotopic (exact) mass is 200 g/mol. The van der Waals surface area contributed by atoms with Crippen LogP contribution in [0.4, 0.5) is 0 Å². The van der Waals surface area contributed by atoms with E-state index < -0.39 is 0 Å². The van der Waals surface area contributed by atoms with Gasteiger partial charge in [-0.05, 0) is 13.8 Å². The Morgan fingerprint density at radius 3 is 1.60 bits per heavy atom. The predicted molar refractivity (Wildman–Crippen MR) is 34.3 cm³/mol. The summed E-state index contributed by atoms with van der Waals surface area (Å²) < 4.78 is 0. The van der Waals surface area contributed by atoms with Gasteiger partial charge in [0.05, 0.1) is 5.76 Å². The second-order valence-electron chi connectivity index (χ2n) is 1.40. The van der Waals surface area contributed by atoms with Gasteiger partial charge in [-0.3, -0.25) is 4.79 Å². The van der Waals surface area contributed by atoms with Gasteiger partial charge in [-0.1, -0.05) is 0 Å². The molecule has 58 valence electrons. The van der Waals surface area contributed by atoms with Gasteiger partial charge in [0, 0.05) is 25.6 Å². The van der Waals surface area contributed by atoms with Crippen LogP contribution in [-0.4, -0.2) is 21.8 Å². The maximum atomic E-state index is 10.0. The molecule has 0 aromatic carbocycles. The van der Waals surface area contributed by atoms with Gasteiger partial charge in [-0.25, -0.2) is 0 Å². The molecule has 0 aliphatic carbocycles. The standard InChI is InChI=1S/C5H8O2.2H2O.Zn/c1-4(6)3-5(2)7;;;/h3,6H,1-2H3;2*1H2;/b4-3-;;;. The Kier molecular flexibility index (Phi) is 26.0. The fourth-order valence-corrected chi connectivity index (χ4v) is 0.294. The summed E-state index contributed by atoms with van der Waals surface area (Å²) in [5.41, 5.74) is 0. The van der Waals surface area contributed by atoms with E-state index in [1.807, 2.05) is 0 Å². The topological polar surface area (TPSA) is 100 Å². The van der Waals surface area contributed by atoms with Crippen molar-refractivity contribution in [2.45, 2.75) is 13.8 Å². The first kappa shape index (κ1) is 22.6. The largest absolute Gasteiger partial charge is 0.512 e. The Balaban J connectivity index is -0.0000000600. The normalized spacial score (nSPS) is 8.00. The first-order chi connectivity index (χ1) is 3.13. The number of aliphatic hydroxyl groups is 1. The number of carbonyl (C=O) groups is 1. The summed E-state index contributed by atoms with van der Waals surface area (Å²) >= 11 is 0. The van der Waals surface area contributed by atoms with Gasteiger partial charge in [0.2, 0.25) is 0 Å². The minimum Gasteiger partial charge on any atom is -0.512 e. The van der Waals surface area contributed by atoms with Gasteiger partial charge >= 0.3 is 0 Å². The molecule has 0 saturated heterocycles. The van der Waals surface area contributed by atoms with Crippen molar-refractivity contribution in [2.75, 3.05) is 0 Å². The van der Waals surface area contributed by atoms with Crippen molar-refractivity contribution in [1.82, 2.24) is 0 Å². The summed E-state index contributed by atoms with van der Waals surface area (Å²) in [6.45, 7) is 2.85. The number of ketones is 1. The number of hydrogen-bond donors (Lipinski definition) is 1. The van der Waals surface area contributed by atoms with E-state index >= 15 is 0 Å². The van der Waals surface area contributed by atoms with E-state index in [9.17, 15) is 4.79 Å². The van der Waals surface area contributed by atoms with Crippen molar-refractivity contribution in [3.05, 3.63) is 11.8 Å². The van der Waals surface area contributed by atoms with Crippen LogP contribution in [0.1, 0.15) is 13.8 Å². The smallest absolute Gasteiger partial charge is 0.155 e. The molecule has 0 aromatic heterocycles. The number of aliphatic hydroxyl groups excluding tert-OH is 1. The molecule has 0 unspecified atom stereocenters. The molecule has 5 N–H and O–H groups in total. The van der Waals surface area contributed by atoms with Gasteiger partial charge in [0.25, 0.3) is 0 Å². The first-order valence-electron chi connectivity index (χ1n) is 2.01. The van der Waals surface area contributed by atoms with Crippen LogP contribution in [0.15, 0.2) is 11.8 Å². The molecule has 0 rings (SSSR count). The predicted octanol–water partition coefficient (Wildman–Crippen LogP) is -0.615. The number of carbonyl (C=O) groups excluding carboxylic acids is 1. The van der Waals surface area contributed by atoms with Crippen molar-refractivity contribution in [2.24, 2.45) is 0 Å². The van der Waals surface area contributed by atoms with E-state index in [0.717, 1.165) is 0 Å². The molecule has 0 fully saturated rings. The van der Waals surface area contributed by atoms with E-state index in [0.29, 0.717) is 0 Å². The number of rotatable bonds is 1. The molecule has 0 aromatic rings. The van der Waals surface area contributed by atoms with Crippen molar-refractivity contribution < 1.29 is 40.3 Å². The second kappa shape index (κ2) is 11.5. The quantitative estimate of drug-likeness (QED) is 0.347. The molecular weight excluding hydrogens is 189 g/mol. The summed E-state index contributed by atoms with van der Waals surface area (Å²) in [5, 5.41) is 8.36. The Morgan fingerprint density at radius 2 is 1.60 bits per heavy atom. The summed E-state index contributed by atoms with van der Waals surface area (Å²) in [6, 6.07) is 0. The van der Waals surface area contributed by atoms with E-state index in [1.165, 1.54) is 19.9 Å². The Hall–Kier alpha value is -0.247. The van der Waals surface area contributed by atoms with E-state index in [4.69, 9.17) is 5.11 Å². The molecule has 10 heavy (non-hydrogen) atoms. The number of allylic oxidation sites excluding steroid dienone is 2. The third-order valence-electron chi connectivity index (χ3n) is 0.412. The Morgan fingerprint density at radius 1 is 1.30 bits per heavy atom. The molecule has 0 atom stereocenters. The van der Waals surface area contributed by atoms with E-state index in [1.54, 1.807) is 0 Å². The zero-order valence-electron chi connectivity index (χ0n) is 6.14. The maximum Gasteiger partial charge on any atom is 0.155 e. The van der Waals surface area contributed by atoms with Crippen LogP contribution in [0, 0.1) is 0 Å². The molecule has 0 amide bonds. The van der Waals surface area contributed by atoms with Gasteiger partial charge < -0.3 is 16.1 Å². The second-order valence-corrected chi connectivity index (χ2v) is 1.40. The summed E-state index contributed by atoms with van der Waals surface area (Å²) in [7, 11) is 0. The van der Waals surface area contributed by atoms with Gasteiger partial charge in [0.1, 0.15) is 0 Å². The fourth-order valence-electron chi connectivity index (χ4n) is 0.294. The van der Waals surface area contributed by atoms with Gasteiger partial charge in [-0.2, -0.15) is 0 Å². The Bertz CT molecular complexity index is 106. The molecular formula is C5H12O4Zn. The van der Waals surface area contributed by atoms with Crippen LogP contribution < -0.4 is 0 Å². The number of hydrogen-bond acceptors (Lipinski definition) is 2. The molecule has 0 aliphatic heterocycles. The average Bonchev–Trinajstić information content (AvgIpc) is 1.27. The molecule has 0 spiro atoms.